The van der Waals surface area contributed by atoms with E-state index in [1.807, 2.05) is 6.07 Å². The molecule has 0 spiro atoms. The van der Waals surface area contributed by atoms with Crippen molar-refractivity contribution >= 4 is 39.8 Å². The smallest absolute Gasteiger partial charge is 0.348 e. The van der Waals surface area contributed by atoms with Gasteiger partial charge in [0.05, 0.1) is 23.3 Å². The maximum atomic E-state index is 12.2. The molecule has 1 amide bonds. The van der Waals surface area contributed by atoms with Crippen LogP contribution in [0.1, 0.15) is 31.2 Å². The van der Waals surface area contributed by atoms with E-state index in [0.29, 0.717) is 21.2 Å². The third-order valence-electron chi connectivity index (χ3n) is 2.97. The lowest BCUT2D eigenvalue weighted by Gasteiger charge is -2.04. The SMILES string of the molecule is COC(=O)c1sc(NC(=O)c2ccccc2Cl)c(C#N)c1C. The number of nitrogens with one attached hydrogen (secondary N) is 1. The van der Waals surface area contributed by atoms with Gasteiger partial charge in [-0.3, -0.25) is 4.79 Å². The molecule has 1 heterocycles. The molecule has 7 heteroatoms. The highest BCUT2D eigenvalue weighted by molar-refractivity contribution is 7.18. The summed E-state index contributed by atoms with van der Waals surface area (Å²) >= 11 is 6.97. The standard InChI is InChI=1S/C15H11ClN2O3S/c1-8-10(7-17)14(22-12(8)15(20)21-2)18-13(19)9-5-3-4-6-11(9)16/h3-6H,1-2H3,(H,18,19). The van der Waals surface area contributed by atoms with Crippen molar-refractivity contribution in [2.75, 3.05) is 12.4 Å². The van der Waals surface area contributed by atoms with Gasteiger partial charge in [0.2, 0.25) is 0 Å². The Balaban J connectivity index is 2.38. The zero-order chi connectivity index (χ0) is 16.3. The normalized spacial score (nSPS) is 9.91. The molecule has 0 saturated carbocycles. The molecule has 0 atom stereocenters. The minimum absolute atomic E-state index is 0.241. The summed E-state index contributed by atoms with van der Waals surface area (Å²) in [6.07, 6.45) is 0. The van der Waals surface area contributed by atoms with Crippen molar-refractivity contribution in [3.63, 3.8) is 0 Å². The van der Waals surface area contributed by atoms with E-state index in [4.69, 9.17) is 11.6 Å². The maximum absolute atomic E-state index is 12.2. The molecule has 22 heavy (non-hydrogen) atoms. The lowest BCUT2D eigenvalue weighted by molar-refractivity contribution is 0.0605. The van der Waals surface area contributed by atoms with E-state index in [1.165, 1.54) is 7.11 Å². The number of halogens is 1. The van der Waals surface area contributed by atoms with Gasteiger partial charge in [-0.05, 0) is 24.6 Å². The fourth-order valence-electron chi connectivity index (χ4n) is 1.84. The zero-order valence-corrected chi connectivity index (χ0v) is 13.3. The quantitative estimate of drug-likeness (QED) is 0.869. The van der Waals surface area contributed by atoms with Crippen molar-refractivity contribution in [2.45, 2.75) is 6.92 Å². The van der Waals surface area contributed by atoms with Crippen molar-refractivity contribution in [3.8, 4) is 6.07 Å². The first-order valence-corrected chi connectivity index (χ1v) is 7.36. The van der Waals surface area contributed by atoms with Crippen molar-refractivity contribution in [1.29, 1.82) is 5.26 Å². The number of carbonyl (C=O) groups excluding carboxylic acids is 2. The summed E-state index contributed by atoms with van der Waals surface area (Å²) in [4.78, 5) is 24.2. The predicted octanol–water partition coefficient (Wildman–Crippen LogP) is 3.62. The van der Waals surface area contributed by atoms with Crippen molar-refractivity contribution in [3.05, 3.63) is 50.9 Å². The molecule has 1 aromatic heterocycles. The summed E-state index contributed by atoms with van der Waals surface area (Å²) in [5, 5.41) is 12.5. The lowest BCUT2D eigenvalue weighted by Crippen LogP contribution is -2.12. The highest BCUT2D eigenvalue weighted by Gasteiger charge is 2.22. The Morgan fingerprint density at radius 3 is 2.64 bits per heavy atom. The third-order valence-corrected chi connectivity index (χ3v) is 4.49. The Morgan fingerprint density at radius 2 is 2.05 bits per heavy atom. The monoisotopic (exact) mass is 334 g/mol. The van der Waals surface area contributed by atoms with Crippen LogP contribution in [0.15, 0.2) is 24.3 Å². The molecule has 0 fully saturated rings. The number of ether oxygens (including phenoxy) is 1. The Hall–Kier alpha value is -2.36. The number of nitrogens with zero attached hydrogens (tertiary/aromatic N) is 1. The summed E-state index contributed by atoms with van der Waals surface area (Å²) in [6.45, 7) is 1.63. The highest BCUT2D eigenvalue weighted by atomic mass is 35.5. The minimum Gasteiger partial charge on any atom is -0.465 e. The van der Waals surface area contributed by atoms with Gasteiger partial charge < -0.3 is 10.1 Å². The molecule has 0 bridgehead atoms. The van der Waals surface area contributed by atoms with Crippen LogP contribution < -0.4 is 5.32 Å². The predicted molar refractivity (Wildman–Crippen MR) is 84.5 cm³/mol. The molecule has 1 aromatic carbocycles. The number of nitriles is 1. The van der Waals surface area contributed by atoms with Gasteiger partial charge in [0.25, 0.3) is 5.91 Å². The van der Waals surface area contributed by atoms with E-state index in [0.717, 1.165) is 11.3 Å². The summed E-state index contributed by atoms with van der Waals surface area (Å²) in [7, 11) is 1.26. The number of methoxy groups -OCH3 is 1. The molecular formula is C15H11ClN2O3S. The van der Waals surface area contributed by atoms with Crippen LogP contribution in [-0.4, -0.2) is 19.0 Å². The lowest BCUT2D eigenvalue weighted by atomic mass is 10.1. The Morgan fingerprint density at radius 1 is 1.36 bits per heavy atom. The summed E-state index contributed by atoms with van der Waals surface area (Å²) < 4.78 is 4.67. The van der Waals surface area contributed by atoms with Crippen molar-refractivity contribution in [1.82, 2.24) is 0 Å². The van der Waals surface area contributed by atoms with Gasteiger partial charge in [0.15, 0.2) is 0 Å². The zero-order valence-electron chi connectivity index (χ0n) is 11.8. The molecule has 0 aliphatic carbocycles. The Kier molecular flexibility index (Phi) is 4.81. The fourth-order valence-corrected chi connectivity index (χ4v) is 3.13. The van der Waals surface area contributed by atoms with Gasteiger partial charge in [-0.1, -0.05) is 23.7 Å². The van der Waals surface area contributed by atoms with Crippen LogP contribution in [0.5, 0.6) is 0 Å². The van der Waals surface area contributed by atoms with Crippen LogP contribution in [0.3, 0.4) is 0 Å². The molecule has 0 aliphatic heterocycles. The minimum atomic E-state index is -0.544. The van der Waals surface area contributed by atoms with Gasteiger partial charge in [-0.2, -0.15) is 5.26 Å². The number of amides is 1. The molecule has 2 aromatic rings. The Labute approximate surface area is 136 Å². The first kappa shape index (κ1) is 16.0. The van der Waals surface area contributed by atoms with Gasteiger partial charge in [-0.15, -0.1) is 11.3 Å². The van der Waals surface area contributed by atoms with E-state index in [2.05, 4.69) is 10.1 Å². The van der Waals surface area contributed by atoms with Gasteiger partial charge in [-0.25, -0.2) is 4.79 Å². The van der Waals surface area contributed by atoms with Gasteiger partial charge in [0.1, 0.15) is 15.9 Å². The van der Waals surface area contributed by atoms with Crippen LogP contribution in [0, 0.1) is 18.3 Å². The number of hydrogen-bond acceptors (Lipinski definition) is 5. The molecule has 0 unspecified atom stereocenters. The van der Waals surface area contributed by atoms with E-state index in [-0.39, 0.29) is 10.4 Å². The molecule has 2 rings (SSSR count). The number of anilines is 1. The van der Waals surface area contributed by atoms with E-state index in [9.17, 15) is 14.9 Å². The molecule has 0 saturated heterocycles. The number of esters is 1. The van der Waals surface area contributed by atoms with Crippen LogP contribution >= 0.6 is 22.9 Å². The van der Waals surface area contributed by atoms with E-state index < -0.39 is 11.9 Å². The summed E-state index contributed by atoms with van der Waals surface area (Å²) in [5.74, 6) is -0.989. The van der Waals surface area contributed by atoms with Crippen LogP contribution in [0.4, 0.5) is 5.00 Å². The second-order valence-electron chi connectivity index (χ2n) is 4.30. The van der Waals surface area contributed by atoms with Crippen LogP contribution in [-0.2, 0) is 4.74 Å². The highest BCUT2D eigenvalue weighted by Crippen LogP contribution is 2.33. The van der Waals surface area contributed by atoms with Gasteiger partial charge >= 0.3 is 5.97 Å². The molecule has 0 radical (unpaired) electrons. The second kappa shape index (κ2) is 6.60. The number of thiophene rings is 1. The summed E-state index contributed by atoms with van der Waals surface area (Å²) in [5.41, 5.74) is 1.01. The summed E-state index contributed by atoms with van der Waals surface area (Å²) in [6, 6.07) is 8.56. The molecule has 5 nitrogen and oxygen atoms in total. The largest absolute Gasteiger partial charge is 0.465 e. The van der Waals surface area contributed by atoms with Crippen molar-refractivity contribution < 1.29 is 14.3 Å². The second-order valence-corrected chi connectivity index (χ2v) is 5.73. The first-order chi connectivity index (χ1) is 10.5. The maximum Gasteiger partial charge on any atom is 0.348 e. The molecule has 112 valence electrons. The fraction of sp³-hybridized carbons (Fsp3) is 0.133. The average molecular weight is 335 g/mol. The van der Waals surface area contributed by atoms with Crippen LogP contribution in [0.2, 0.25) is 5.02 Å². The number of hydrogen-bond donors (Lipinski definition) is 1. The molecule has 0 aliphatic rings. The number of carbonyl (C=O) groups is 2. The topological polar surface area (TPSA) is 79.2 Å². The van der Waals surface area contributed by atoms with E-state index in [1.54, 1.807) is 31.2 Å². The Bertz CT molecular complexity index is 793. The molecule has 1 N–H and O–H groups in total. The van der Waals surface area contributed by atoms with Crippen LogP contribution in [0.25, 0.3) is 0 Å². The van der Waals surface area contributed by atoms with E-state index >= 15 is 0 Å². The third kappa shape index (κ3) is 2.96. The number of rotatable bonds is 3. The molecular weight excluding hydrogens is 324 g/mol. The van der Waals surface area contributed by atoms with Gasteiger partial charge in [0, 0.05) is 0 Å². The average Bonchev–Trinajstić information content (AvgIpc) is 2.82. The number of benzene rings is 1. The first-order valence-electron chi connectivity index (χ1n) is 6.17. The van der Waals surface area contributed by atoms with Crippen molar-refractivity contribution in [2.24, 2.45) is 0 Å².